The van der Waals surface area contributed by atoms with Gasteiger partial charge >= 0.3 is 16.1 Å². The molecule has 0 aliphatic heterocycles. The first-order valence-corrected chi connectivity index (χ1v) is 14.4. The number of halogens is 2. The number of carbonyl (C=O) groups excluding carboxylic acids is 1. The minimum atomic E-state index is -3.79. The van der Waals surface area contributed by atoms with Crippen LogP contribution in [0.4, 0.5) is 4.39 Å². The molecule has 0 spiro atoms. The maximum Gasteiger partial charge on any atom is 0.309 e. The lowest BCUT2D eigenvalue weighted by molar-refractivity contribution is -0.139. The zero-order valence-electron chi connectivity index (χ0n) is 20.1. The van der Waals surface area contributed by atoms with Crippen molar-refractivity contribution in [1.82, 2.24) is 0 Å². The fourth-order valence-electron chi connectivity index (χ4n) is 3.55. The van der Waals surface area contributed by atoms with Crippen molar-refractivity contribution in [3.8, 4) is 16.9 Å². The van der Waals surface area contributed by atoms with E-state index in [1.807, 2.05) is 19.1 Å². The maximum atomic E-state index is 13.3. The van der Waals surface area contributed by atoms with E-state index in [2.05, 4.69) is 4.74 Å². The largest absolute Gasteiger partial charge is 0.469 e. The summed E-state index contributed by atoms with van der Waals surface area (Å²) in [5, 5.41) is 0.506. The third kappa shape index (κ3) is 8.25. The summed E-state index contributed by atoms with van der Waals surface area (Å²) in [4.78, 5) is 12.2. The third-order valence-corrected chi connectivity index (χ3v) is 8.15. The van der Waals surface area contributed by atoms with Gasteiger partial charge in [0, 0.05) is 4.90 Å². The van der Waals surface area contributed by atoms with Crippen molar-refractivity contribution in [1.29, 1.82) is 0 Å². The van der Waals surface area contributed by atoms with Crippen molar-refractivity contribution in [3.05, 3.63) is 82.6 Å². The van der Waals surface area contributed by atoms with Crippen LogP contribution in [0.15, 0.2) is 65.6 Å². The van der Waals surface area contributed by atoms with Gasteiger partial charge in [0.15, 0.2) is 0 Å². The van der Waals surface area contributed by atoms with Gasteiger partial charge in [0.25, 0.3) is 0 Å². The second kappa shape index (κ2) is 13.1. The van der Waals surface area contributed by atoms with Gasteiger partial charge in [0.05, 0.1) is 24.3 Å². The molecule has 0 saturated carbocycles. The molecule has 0 aliphatic carbocycles. The van der Waals surface area contributed by atoms with Crippen molar-refractivity contribution >= 4 is 39.5 Å². The second-order valence-corrected chi connectivity index (χ2v) is 11.4. The average molecular weight is 551 g/mol. The summed E-state index contributed by atoms with van der Waals surface area (Å²) in [7, 11) is -2.46. The highest BCUT2D eigenvalue weighted by Gasteiger charge is 2.16. The van der Waals surface area contributed by atoms with E-state index in [1.54, 1.807) is 36.4 Å². The quantitative estimate of drug-likeness (QED) is 0.108. The van der Waals surface area contributed by atoms with E-state index in [1.165, 1.54) is 31.0 Å². The number of hydrogen-bond donors (Lipinski definition) is 0. The molecule has 5 nitrogen and oxygen atoms in total. The lowest BCUT2D eigenvalue weighted by atomic mass is 10.0. The molecule has 0 aliphatic rings. The molecule has 36 heavy (non-hydrogen) atoms. The first kappa shape index (κ1) is 28.0. The third-order valence-electron chi connectivity index (χ3n) is 5.34. The summed E-state index contributed by atoms with van der Waals surface area (Å²) in [5.74, 6) is 0.0610. The van der Waals surface area contributed by atoms with Crippen molar-refractivity contribution in [2.75, 3.05) is 18.6 Å². The van der Waals surface area contributed by atoms with Gasteiger partial charge in [-0.05, 0) is 77.2 Å². The predicted molar refractivity (Wildman–Crippen MR) is 143 cm³/mol. The molecule has 0 amide bonds. The molecule has 0 N–H and O–H groups in total. The predicted octanol–water partition coefficient (Wildman–Crippen LogP) is 6.71. The lowest BCUT2D eigenvalue weighted by Crippen LogP contribution is -2.15. The topological polar surface area (TPSA) is 69.7 Å². The van der Waals surface area contributed by atoms with Gasteiger partial charge < -0.3 is 8.92 Å². The van der Waals surface area contributed by atoms with Crippen molar-refractivity contribution in [2.45, 2.75) is 37.5 Å². The second-order valence-electron chi connectivity index (χ2n) is 8.14. The molecule has 3 aromatic carbocycles. The van der Waals surface area contributed by atoms with E-state index in [9.17, 15) is 17.6 Å². The fourth-order valence-corrected chi connectivity index (χ4v) is 5.99. The molecule has 0 unspecified atom stereocenters. The van der Waals surface area contributed by atoms with Gasteiger partial charge in [-0.3, -0.25) is 4.79 Å². The van der Waals surface area contributed by atoms with Crippen LogP contribution in [0.2, 0.25) is 5.02 Å². The minimum absolute atomic E-state index is 0.136. The average Bonchev–Trinajstić information content (AvgIpc) is 2.84. The lowest BCUT2D eigenvalue weighted by Gasteiger charge is -2.13. The molecule has 192 valence electrons. The Balaban J connectivity index is 1.59. The van der Waals surface area contributed by atoms with Crippen LogP contribution in [-0.4, -0.2) is 33.0 Å². The van der Waals surface area contributed by atoms with Crippen LogP contribution in [0, 0.1) is 5.82 Å². The monoisotopic (exact) mass is 550 g/mol. The Labute approximate surface area is 221 Å². The zero-order valence-corrected chi connectivity index (χ0v) is 22.5. The number of hydrogen-bond acceptors (Lipinski definition) is 6. The van der Waals surface area contributed by atoms with Crippen LogP contribution in [0.1, 0.15) is 30.9 Å². The van der Waals surface area contributed by atoms with Crippen LogP contribution < -0.4 is 4.18 Å². The van der Waals surface area contributed by atoms with Crippen molar-refractivity contribution in [3.63, 3.8) is 0 Å². The van der Waals surface area contributed by atoms with Gasteiger partial charge in [0.2, 0.25) is 0 Å². The Bertz CT molecular complexity index is 1290. The first-order valence-electron chi connectivity index (χ1n) is 11.5. The van der Waals surface area contributed by atoms with Gasteiger partial charge in [-0.15, -0.1) is 11.8 Å². The summed E-state index contributed by atoms with van der Waals surface area (Å²) >= 11 is 7.75. The Kier molecular flexibility index (Phi) is 10.2. The summed E-state index contributed by atoms with van der Waals surface area (Å²) in [6.07, 6.45) is 1.99. The molecule has 0 fully saturated rings. The molecule has 9 heteroatoms. The van der Waals surface area contributed by atoms with E-state index in [0.29, 0.717) is 29.4 Å². The Morgan fingerprint density at radius 1 is 1.03 bits per heavy atom. The molecule has 0 saturated heterocycles. The number of thioether (sulfide) groups is 1. The summed E-state index contributed by atoms with van der Waals surface area (Å²) in [6, 6.07) is 16.8. The highest BCUT2D eigenvalue weighted by atomic mass is 35.5. The number of benzene rings is 3. The highest BCUT2D eigenvalue weighted by Crippen LogP contribution is 2.31. The Morgan fingerprint density at radius 3 is 2.42 bits per heavy atom. The molecule has 0 aromatic heterocycles. The summed E-state index contributed by atoms with van der Waals surface area (Å²) < 4.78 is 48.7. The molecular weight excluding hydrogens is 523 g/mol. The normalized spacial score (nSPS) is 11.3. The summed E-state index contributed by atoms with van der Waals surface area (Å²) in [5.41, 5.74) is 3.25. The van der Waals surface area contributed by atoms with Gasteiger partial charge in [-0.2, -0.15) is 8.42 Å². The van der Waals surface area contributed by atoms with Crippen LogP contribution in [0.5, 0.6) is 5.75 Å². The van der Waals surface area contributed by atoms with Crippen LogP contribution in [-0.2, 0) is 32.5 Å². The number of methoxy groups -OCH3 is 1. The number of aryl methyl sites for hydroxylation is 1. The molecule has 0 heterocycles. The SMILES string of the molecule is CCCc1cc(-c2ccc(F)cc2)ccc1OS(=O)(=O)CCCSc1ccc(CC(=O)OC)cc1Cl. The molecule has 0 atom stereocenters. The standard InChI is InChI=1S/C27H28ClFO5S2/c1-3-5-22-18-21(20-7-10-23(29)11-8-20)9-12-25(22)34-36(31,32)15-4-14-35-26-13-6-19(16-24(26)28)17-27(30)33-2/h6-13,16,18H,3-5,14-15,17H2,1-2H3. The van der Waals surface area contributed by atoms with E-state index >= 15 is 0 Å². The molecule has 0 bridgehead atoms. The molecule has 3 rings (SSSR count). The smallest absolute Gasteiger partial charge is 0.309 e. The number of rotatable bonds is 12. The first-order chi connectivity index (χ1) is 17.2. The van der Waals surface area contributed by atoms with Crippen LogP contribution in [0.3, 0.4) is 0 Å². The number of esters is 1. The van der Waals surface area contributed by atoms with E-state index < -0.39 is 10.1 Å². The highest BCUT2D eigenvalue weighted by molar-refractivity contribution is 7.99. The molecule has 0 radical (unpaired) electrons. The summed E-state index contributed by atoms with van der Waals surface area (Å²) in [6.45, 7) is 2.01. The number of ether oxygens (including phenoxy) is 1. The maximum absolute atomic E-state index is 13.3. The van der Waals surface area contributed by atoms with Gasteiger partial charge in [-0.25, -0.2) is 4.39 Å². The molecule has 3 aromatic rings. The van der Waals surface area contributed by atoms with E-state index in [-0.39, 0.29) is 24.0 Å². The van der Waals surface area contributed by atoms with E-state index in [0.717, 1.165) is 33.6 Å². The van der Waals surface area contributed by atoms with Crippen molar-refractivity contribution < 1.29 is 26.5 Å². The zero-order chi connectivity index (χ0) is 26.1. The van der Waals surface area contributed by atoms with Crippen LogP contribution in [0.25, 0.3) is 11.1 Å². The van der Waals surface area contributed by atoms with Gasteiger partial charge in [-0.1, -0.05) is 49.2 Å². The Hall–Kier alpha value is -2.55. The fraction of sp³-hybridized carbons (Fsp3) is 0.296. The minimum Gasteiger partial charge on any atom is -0.469 e. The van der Waals surface area contributed by atoms with E-state index in [4.69, 9.17) is 15.8 Å². The molecular formula is C27H28ClFO5S2. The van der Waals surface area contributed by atoms with Crippen LogP contribution >= 0.6 is 23.4 Å². The van der Waals surface area contributed by atoms with Gasteiger partial charge in [0.1, 0.15) is 11.6 Å². The Morgan fingerprint density at radius 2 is 1.75 bits per heavy atom. The number of carbonyl (C=O) groups is 1. The van der Waals surface area contributed by atoms with Crippen molar-refractivity contribution in [2.24, 2.45) is 0 Å².